The predicted octanol–water partition coefficient (Wildman–Crippen LogP) is 3.42. The number of hydrogen-bond acceptors (Lipinski definition) is 4. The standard InChI is InChI=1S/C21H25N3O3S/c1-14-11-15(2)20(16(3)12-14)28(25,26)23-19(21-22-9-10-24(21)4)17-7-6-8-18(13-17)27-5/h6-13,19,23H,1-5H3/t19-/m1/s1. The van der Waals surface area contributed by atoms with Crippen molar-refractivity contribution in [1.29, 1.82) is 0 Å². The van der Waals surface area contributed by atoms with Crippen molar-refractivity contribution in [2.45, 2.75) is 31.7 Å². The molecule has 148 valence electrons. The van der Waals surface area contributed by atoms with Gasteiger partial charge < -0.3 is 9.30 Å². The third kappa shape index (κ3) is 3.95. The number of aryl methyl sites for hydroxylation is 4. The van der Waals surface area contributed by atoms with Crippen molar-refractivity contribution in [1.82, 2.24) is 14.3 Å². The van der Waals surface area contributed by atoms with Gasteiger partial charge in [-0.15, -0.1) is 0 Å². The molecule has 0 amide bonds. The Morgan fingerprint density at radius 2 is 1.79 bits per heavy atom. The zero-order chi connectivity index (χ0) is 20.5. The number of imidazole rings is 1. The van der Waals surface area contributed by atoms with Crippen molar-refractivity contribution in [2.24, 2.45) is 7.05 Å². The van der Waals surface area contributed by atoms with Crippen LogP contribution in [0.15, 0.2) is 53.7 Å². The van der Waals surface area contributed by atoms with Crippen molar-refractivity contribution < 1.29 is 13.2 Å². The highest BCUT2D eigenvalue weighted by Gasteiger charge is 2.28. The van der Waals surface area contributed by atoms with Crippen LogP contribution in [-0.2, 0) is 17.1 Å². The largest absolute Gasteiger partial charge is 0.497 e. The van der Waals surface area contributed by atoms with Crippen LogP contribution in [0, 0.1) is 20.8 Å². The Hall–Kier alpha value is -2.64. The summed E-state index contributed by atoms with van der Waals surface area (Å²) in [6, 6.07) is 10.4. The van der Waals surface area contributed by atoms with E-state index >= 15 is 0 Å². The van der Waals surface area contributed by atoms with Crippen molar-refractivity contribution in [3.05, 3.63) is 76.9 Å². The smallest absolute Gasteiger partial charge is 0.242 e. The second-order valence-electron chi connectivity index (χ2n) is 6.96. The third-order valence-electron chi connectivity index (χ3n) is 4.69. The van der Waals surface area contributed by atoms with Crippen molar-refractivity contribution in [3.8, 4) is 5.75 Å². The molecule has 28 heavy (non-hydrogen) atoms. The summed E-state index contributed by atoms with van der Waals surface area (Å²) in [4.78, 5) is 4.69. The van der Waals surface area contributed by atoms with Gasteiger partial charge in [0.15, 0.2) is 0 Å². The maximum atomic E-state index is 13.4. The topological polar surface area (TPSA) is 73.2 Å². The molecule has 3 aromatic rings. The summed E-state index contributed by atoms with van der Waals surface area (Å²) in [6.45, 7) is 5.59. The summed E-state index contributed by atoms with van der Waals surface area (Å²) in [5.74, 6) is 1.25. The Kier molecular flexibility index (Phi) is 5.58. The van der Waals surface area contributed by atoms with Crippen LogP contribution in [0.3, 0.4) is 0 Å². The lowest BCUT2D eigenvalue weighted by atomic mass is 10.1. The monoisotopic (exact) mass is 399 g/mol. The number of rotatable bonds is 6. The van der Waals surface area contributed by atoms with Crippen LogP contribution in [0.2, 0.25) is 0 Å². The Balaban J connectivity index is 2.11. The third-order valence-corrected chi connectivity index (χ3v) is 6.42. The summed E-state index contributed by atoms with van der Waals surface area (Å²) in [5.41, 5.74) is 3.21. The van der Waals surface area contributed by atoms with Gasteiger partial charge in [-0.1, -0.05) is 29.8 Å². The minimum Gasteiger partial charge on any atom is -0.497 e. The lowest BCUT2D eigenvalue weighted by Crippen LogP contribution is -2.32. The van der Waals surface area contributed by atoms with Gasteiger partial charge in [0, 0.05) is 19.4 Å². The van der Waals surface area contributed by atoms with Crippen LogP contribution < -0.4 is 9.46 Å². The minimum atomic E-state index is -3.79. The number of sulfonamides is 1. The first-order valence-electron chi connectivity index (χ1n) is 8.94. The summed E-state index contributed by atoms with van der Waals surface area (Å²) in [6.07, 6.45) is 3.44. The number of methoxy groups -OCH3 is 1. The van der Waals surface area contributed by atoms with Crippen molar-refractivity contribution >= 4 is 10.0 Å². The molecule has 0 aliphatic carbocycles. The molecule has 1 atom stereocenters. The Morgan fingerprint density at radius 1 is 1.11 bits per heavy atom. The first kappa shape index (κ1) is 20.1. The fraction of sp³-hybridized carbons (Fsp3) is 0.286. The molecule has 0 aliphatic heterocycles. The van der Waals surface area contributed by atoms with E-state index in [9.17, 15) is 8.42 Å². The quantitative estimate of drug-likeness (QED) is 0.689. The fourth-order valence-electron chi connectivity index (χ4n) is 3.55. The van der Waals surface area contributed by atoms with Gasteiger partial charge in [-0.25, -0.2) is 13.4 Å². The van der Waals surface area contributed by atoms with E-state index in [0.717, 1.165) is 11.1 Å². The van der Waals surface area contributed by atoms with E-state index < -0.39 is 16.1 Å². The Labute approximate surface area is 166 Å². The highest BCUT2D eigenvalue weighted by Crippen LogP contribution is 2.28. The maximum Gasteiger partial charge on any atom is 0.242 e. The van der Waals surface area contributed by atoms with Crippen LogP contribution in [0.1, 0.15) is 34.1 Å². The summed E-state index contributed by atoms with van der Waals surface area (Å²) in [7, 11) is -0.371. The molecule has 3 rings (SSSR count). The minimum absolute atomic E-state index is 0.306. The zero-order valence-corrected chi connectivity index (χ0v) is 17.5. The van der Waals surface area contributed by atoms with Crippen LogP contribution in [0.5, 0.6) is 5.75 Å². The Bertz CT molecular complexity index is 1080. The number of ether oxygens (including phenoxy) is 1. The normalized spacial score (nSPS) is 12.8. The van der Waals surface area contributed by atoms with E-state index in [-0.39, 0.29) is 0 Å². The number of nitrogens with zero attached hydrogens (tertiary/aromatic N) is 2. The molecule has 1 N–H and O–H groups in total. The first-order chi connectivity index (χ1) is 13.2. The molecule has 0 aliphatic rings. The molecule has 1 heterocycles. The second-order valence-corrected chi connectivity index (χ2v) is 8.61. The van der Waals surface area contributed by atoms with Gasteiger partial charge >= 0.3 is 0 Å². The van der Waals surface area contributed by atoms with Crippen LogP contribution in [0.25, 0.3) is 0 Å². The molecule has 0 bridgehead atoms. The van der Waals surface area contributed by atoms with Gasteiger partial charge in [-0.2, -0.15) is 4.72 Å². The van der Waals surface area contributed by atoms with Crippen molar-refractivity contribution in [3.63, 3.8) is 0 Å². The molecule has 0 unspecified atom stereocenters. The number of hydrogen-bond donors (Lipinski definition) is 1. The van der Waals surface area contributed by atoms with Crippen LogP contribution in [-0.4, -0.2) is 25.1 Å². The second kappa shape index (κ2) is 7.77. The molecule has 0 saturated heterocycles. The maximum absolute atomic E-state index is 13.4. The molecule has 0 radical (unpaired) electrons. The van der Waals surface area contributed by atoms with E-state index in [0.29, 0.717) is 27.6 Å². The lowest BCUT2D eigenvalue weighted by molar-refractivity contribution is 0.413. The van der Waals surface area contributed by atoms with Gasteiger partial charge in [0.2, 0.25) is 10.0 Å². The van der Waals surface area contributed by atoms with Gasteiger partial charge in [-0.05, 0) is 49.6 Å². The molecule has 6 nitrogen and oxygen atoms in total. The van der Waals surface area contributed by atoms with E-state index in [1.807, 2.05) is 68.8 Å². The SMILES string of the molecule is COc1cccc([C@@H](NS(=O)(=O)c2c(C)cc(C)cc2C)c2nccn2C)c1. The number of aromatic nitrogens is 2. The van der Waals surface area contributed by atoms with E-state index in [1.54, 1.807) is 19.5 Å². The molecule has 1 aromatic heterocycles. The highest BCUT2D eigenvalue weighted by atomic mass is 32.2. The lowest BCUT2D eigenvalue weighted by Gasteiger charge is -2.21. The van der Waals surface area contributed by atoms with E-state index in [1.165, 1.54) is 0 Å². The number of nitrogens with one attached hydrogen (secondary N) is 1. The van der Waals surface area contributed by atoms with Gasteiger partial charge in [-0.3, -0.25) is 0 Å². The molecule has 0 spiro atoms. The fourth-order valence-corrected chi connectivity index (χ4v) is 5.19. The molecular weight excluding hydrogens is 374 g/mol. The van der Waals surface area contributed by atoms with Gasteiger partial charge in [0.1, 0.15) is 17.6 Å². The average molecular weight is 400 g/mol. The van der Waals surface area contributed by atoms with Crippen LogP contribution >= 0.6 is 0 Å². The molecular formula is C21H25N3O3S. The molecule has 0 saturated carbocycles. The number of benzene rings is 2. The summed E-state index contributed by atoms with van der Waals surface area (Å²) >= 11 is 0. The van der Waals surface area contributed by atoms with Crippen LogP contribution in [0.4, 0.5) is 0 Å². The summed E-state index contributed by atoms with van der Waals surface area (Å²) < 4.78 is 36.7. The highest BCUT2D eigenvalue weighted by molar-refractivity contribution is 7.89. The average Bonchev–Trinajstić information content (AvgIpc) is 3.04. The summed E-state index contributed by atoms with van der Waals surface area (Å²) in [5, 5.41) is 0. The van der Waals surface area contributed by atoms with E-state index in [2.05, 4.69) is 9.71 Å². The van der Waals surface area contributed by atoms with E-state index in [4.69, 9.17) is 4.74 Å². The zero-order valence-electron chi connectivity index (χ0n) is 16.7. The Morgan fingerprint density at radius 3 is 2.36 bits per heavy atom. The predicted molar refractivity (Wildman–Crippen MR) is 109 cm³/mol. The van der Waals surface area contributed by atoms with Gasteiger partial charge in [0.25, 0.3) is 0 Å². The van der Waals surface area contributed by atoms with Gasteiger partial charge in [0.05, 0.1) is 12.0 Å². The molecule has 2 aromatic carbocycles. The molecule has 0 fully saturated rings. The molecule has 7 heteroatoms. The first-order valence-corrected chi connectivity index (χ1v) is 10.4. The van der Waals surface area contributed by atoms with Crippen molar-refractivity contribution in [2.75, 3.05) is 7.11 Å².